The molecule has 1 saturated heterocycles. The molecular formula is C32H36ClFN6O4. The minimum absolute atomic E-state index is 0.0133. The zero-order valence-electron chi connectivity index (χ0n) is 25.9. The van der Waals surface area contributed by atoms with Gasteiger partial charge in [-0.1, -0.05) is 31.5 Å². The number of ether oxygens (including phenoxy) is 1. The van der Waals surface area contributed by atoms with Gasteiger partial charge in [0.15, 0.2) is 17.2 Å². The summed E-state index contributed by atoms with van der Waals surface area (Å²) in [6.45, 7) is 14.3. The lowest BCUT2D eigenvalue weighted by atomic mass is 10.0. The maximum absolute atomic E-state index is 15.1. The van der Waals surface area contributed by atoms with Gasteiger partial charge in [0.1, 0.15) is 11.4 Å². The molecular weight excluding hydrogens is 587 g/mol. The lowest BCUT2D eigenvalue weighted by molar-refractivity contribution is 0.0218. The van der Waals surface area contributed by atoms with Gasteiger partial charge in [-0.05, 0) is 70.4 Å². The van der Waals surface area contributed by atoms with Crippen molar-refractivity contribution in [1.29, 1.82) is 0 Å². The number of rotatable bonds is 4. The van der Waals surface area contributed by atoms with Crippen molar-refractivity contribution in [1.82, 2.24) is 24.4 Å². The Kier molecular flexibility index (Phi) is 8.28. The second-order valence-corrected chi connectivity index (χ2v) is 12.8. The van der Waals surface area contributed by atoms with Crippen LogP contribution in [-0.4, -0.2) is 66.9 Å². The largest absolute Gasteiger partial charge is 0.505 e. The summed E-state index contributed by atoms with van der Waals surface area (Å²) in [7, 11) is 0. The third-order valence-corrected chi connectivity index (χ3v) is 7.80. The van der Waals surface area contributed by atoms with Crippen molar-refractivity contribution in [3.05, 3.63) is 69.1 Å². The molecule has 1 amide bonds. The van der Waals surface area contributed by atoms with Crippen LogP contribution in [0, 0.1) is 12.7 Å². The molecule has 0 aliphatic carbocycles. The summed E-state index contributed by atoms with van der Waals surface area (Å²) in [4.78, 5) is 44.3. The summed E-state index contributed by atoms with van der Waals surface area (Å²) in [5, 5.41) is 10.7. The van der Waals surface area contributed by atoms with Crippen LogP contribution in [0.3, 0.4) is 0 Å². The number of piperazine rings is 1. The van der Waals surface area contributed by atoms with E-state index in [4.69, 9.17) is 21.3 Å². The number of carbonyl (C=O) groups is 1. The summed E-state index contributed by atoms with van der Waals surface area (Å²) in [6, 6.07) is 7.38. The number of aryl methyl sites for hydroxylation is 1. The number of aromatic hydroxyl groups is 1. The molecule has 1 aliphatic rings. The fourth-order valence-electron chi connectivity index (χ4n) is 5.47. The first kappa shape index (κ1) is 31.2. The smallest absolute Gasteiger partial charge is 0.410 e. The van der Waals surface area contributed by atoms with Crippen molar-refractivity contribution < 1.29 is 19.0 Å². The molecule has 0 bridgehead atoms. The van der Waals surface area contributed by atoms with E-state index in [2.05, 4.69) is 9.97 Å². The predicted molar refractivity (Wildman–Crippen MR) is 168 cm³/mol. The minimum Gasteiger partial charge on any atom is -0.505 e. The van der Waals surface area contributed by atoms with Gasteiger partial charge in [0.25, 0.3) is 0 Å². The molecule has 1 aromatic carbocycles. The van der Waals surface area contributed by atoms with Crippen LogP contribution in [0.2, 0.25) is 5.02 Å². The van der Waals surface area contributed by atoms with Crippen molar-refractivity contribution in [2.45, 2.75) is 66.0 Å². The number of aromatic nitrogens is 4. The predicted octanol–water partition coefficient (Wildman–Crippen LogP) is 6.22. The van der Waals surface area contributed by atoms with E-state index in [1.54, 1.807) is 23.2 Å². The molecule has 1 N–H and O–H groups in total. The highest BCUT2D eigenvalue weighted by Crippen LogP contribution is 2.37. The average Bonchev–Trinajstić information content (AvgIpc) is 2.93. The highest BCUT2D eigenvalue weighted by atomic mass is 35.5. The Morgan fingerprint density at radius 1 is 1.18 bits per heavy atom. The van der Waals surface area contributed by atoms with Crippen molar-refractivity contribution in [3.63, 3.8) is 0 Å². The first-order chi connectivity index (χ1) is 20.7. The maximum Gasteiger partial charge on any atom is 0.410 e. The molecule has 5 rings (SSSR count). The standard InChI is InChI=1S/C32H36ClFN6O4/c1-17(2)25-27(18(3)11-12-35-25)40-29-21(15-22(33)26(36-29)20-9-8-10-23(41)24(20)34)28(37-30(40)42)39-14-13-38(16-19(39)4)31(43)44-32(5,6)7/h8-12,15,17,19,41H,13-14,16H2,1-7H3. The Labute approximate surface area is 260 Å². The van der Waals surface area contributed by atoms with Gasteiger partial charge in [-0.15, -0.1) is 0 Å². The van der Waals surface area contributed by atoms with Crippen LogP contribution in [0.4, 0.5) is 15.0 Å². The number of phenols is 1. The molecule has 44 heavy (non-hydrogen) atoms. The Morgan fingerprint density at radius 2 is 1.91 bits per heavy atom. The number of halogens is 2. The molecule has 4 heterocycles. The molecule has 10 nitrogen and oxygen atoms in total. The van der Waals surface area contributed by atoms with E-state index >= 15 is 4.39 Å². The third kappa shape index (κ3) is 5.80. The van der Waals surface area contributed by atoms with E-state index in [0.717, 1.165) is 5.56 Å². The van der Waals surface area contributed by atoms with E-state index in [0.29, 0.717) is 42.2 Å². The van der Waals surface area contributed by atoms with Gasteiger partial charge >= 0.3 is 11.8 Å². The lowest BCUT2D eigenvalue weighted by Crippen LogP contribution is -2.55. The van der Waals surface area contributed by atoms with Gasteiger partial charge in [-0.2, -0.15) is 4.98 Å². The Hall–Kier alpha value is -4.25. The maximum atomic E-state index is 15.1. The Bertz CT molecular complexity index is 1820. The molecule has 4 aromatic rings. The number of hydrogen-bond acceptors (Lipinski definition) is 8. The second-order valence-electron chi connectivity index (χ2n) is 12.4. The summed E-state index contributed by atoms with van der Waals surface area (Å²) >= 11 is 6.76. The average molecular weight is 623 g/mol. The van der Waals surface area contributed by atoms with Gasteiger partial charge in [0.2, 0.25) is 0 Å². The molecule has 1 atom stereocenters. The fourth-order valence-corrected chi connectivity index (χ4v) is 5.72. The van der Waals surface area contributed by atoms with E-state index in [1.165, 1.54) is 22.8 Å². The van der Waals surface area contributed by atoms with Gasteiger partial charge in [0, 0.05) is 37.4 Å². The van der Waals surface area contributed by atoms with E-state index in [9.17, 15) is 14.7 Å². The number of amides is 1. The number of benzene rings is 1. The third-order valence-electron chi connectivity index (χ3n) is 7.51. The molecule has 3 aromatic heterocycles. The molecule has 1 unspecified atom stereocenters. The summed E-state index contributed by atoms with van der Waals surface area (Å²) in [5.74, 6) is -1.11. The van der Waals surface area contributed by atoms with E-state index < -0.39 is 29.0 Å². The number of carbonyl (C=O) groups excluding carboxylic acids is 1. The number of anilines is 1. The van der Waals surface area contributed by atoms with Gasteiger partial charge in [-0.25, -0.2) is 23.5 Å². The van der Waals surface area contributed by atoms with Crippen molar-refractivity contribution >= 4 is 34.5 Å². The van der Waals surface area contributed by atoms with Gasteiger partial charge in [0.05, 0.1) is 27.5 Å². The first-order valence-corrected chi connectivity index (χ1v) is 14.9. The SMILES string of the molecule is Cc1ccnc(C(C)C)c1-n1c(=O)nc(N2CCN(C(=O)OC(C)(C)C)CC2C)c2cc(Cl)c(-c3cccc(O)c3F)nc21. The second kappa shape index (κ2) is 11.7. The number of pyridine rings is 2. The zero-order valence-corrected chi connectivity index (χ0v) is 26.6. The lowest BCUT2D eigenvalue weighted by Gasteiger charge is -2.41. The topological polar surface area (TPSA) is 114 Å². The molecule has 1 fully saturated rings. The highest BCUT2D eigenvalue weighted by Gasteiger charge is 2.33. The van der Waals surface area contributed by atoms with Gasteiger partial charge in [-0.3, -0.25) is 4.98 Å². The van der Waals surface area contributed by atoms with Crippen LogP contribution in [0.15, 0.2) is 41.3 Å². The normalized spacial score (nSPS) is 15.7. The minimum atomic E-state index is -0.878. The fraction of sp³-hybridized carbons (Fsp3) is 0.406. The molecule has 1 aliphatic heterocycles. The van der Waals surface area contributed by atoms with Crippen LogP contribution < -0.4 is 10.6 Å². The zero-order chi connectivity index (χ0) is 32.1. The number of phenolic OH excluding ortho intramolecular Hbond substituents is 1. The van der Waals surface area contributed by atoms with Crippen LogP contribution >= 0.6 is 11.6 Å². The summed E-state index contributed by atoms with van der Waals surface area (Å²) in [6.07, 6.45) is 1.28. The Morgan fingerprint density at radius 3 is 2.57 bits per heavy atom. The molecule has 0 radical (unpaired) electrons. The molecule has 12 heteroatoms. The van der Waals surface area contributed by atoms with Crippen molar-refractivity contribution in [2.75, 3.05) is 24.5 Å². The van der Waals surface area contributed by atoms with Crippen LogP contribution in [0.1, 0.15) is 58.7 Å². The molecule has 0 spiro atoms. The van der Waals surface area contributed by atoms with E-state index in [-0.39, 0.29) is 33.9 Å². The summed E-state index contributed by atoms with van der Waals surface area (Å²) < 4.78 is 22.1. The van der Waals surface area contributed by atoms with E-state index in [1.807, 2.05) is 53.4 Å². The van der Waals surface area contributed by atoms with Crippen LogP contribution in [0.5, 0.6) is 5.75 Å². The quantitative estimate of drug-likeness (QED) is 0.285. The summed E-state index contributed by atoms with van der Waals surface area (Å²) in [5.41, 5.74) is 1.03. The van der Waals surface area contributed by atoms with Crippen LogP contribution in [0.25, 0.3) is 28.0 Å². The first-order valence-electron chi connectivity index (χ1n) is 14.5. The van der Waals surface area contributed by atoms with Crippen LogP contribution in [-0.2, 0) is 4.74 Å². The van der Waals surface area contributed by atoms with Crippen molar-refractivity contribution in [2.24, 2.45) is 0 Å². The number of hydrogen-bond donors (Lipinski definition) is 1. The highest BCUT2D eigenvalue weighted by molar-refractivity contribution is 6.34. The monoisotopic (exact) mass is 622 g/mol. The number of fused-ring (bicyclic) bond motifs is 1. The molecule has 0 saturated carbocycles. The molecule has 232 valence electrons. The van der Waals surface area contributed by atoms with Gasteiger partial charge < -0.3 is 19.6 Å². The van der Waals surface area contributed by atoms with Crippen molar-refractivity contribution in [3.8, 4) is 22.7 Å². The number of nitrogens with zero attached hydrogens (tertiary/aromatic N) is 6. The Balaban J connectivity index is 1.73.